The van der Waals surface area contributed by atoms with E-state index in [1.54, 1.807) is 0 Å². The summed E-state index contributed by atoms with van der Waals surface area (Å²) in [5.41, 5.74) is 2.04. The first-order valence-corrected chi connectivity index (χ1v) is 5.26. The van der Waals surface area contributed by atoms with Crippen molar-refractivity contribution >= 4 is 28.6 Å². The summed E-state index contributed by atoms with van der Waals surface area (Å²) in [4.78, 5) is 21.2. The molecule has 0 atom stereocenters. The van der Waals surface area contributed by atoms with Crippen LogP contribution in [0.4, 0.5) is 9.80 Å². The number of carbonyl (C=O) groups is 1. The summed E-state index contributed by atoms with van der Waals surface area (Å²) >= 11 is 0.930. The minimum absolute atomic E-state index is 0.00527. The van der Waals surface area contributed by atoms with Crippen molar-refractivity contribution in [3.63, 3.8) is 0 Å². The van der Waals surface area contributed by atoms with Crippen LogP contribution in [0.3, 0.4) is 0 Å². The summed E-state index contributed by atoms with van der Waals surface area (Å²) in [5.74, 6) is 0. The summed E-state index contributed by atoms with van der Waals surface area (Å²) < 4.78 is 4.45. The van der Waals surface area contributed by atoms with Crippen molar-refractivity contribution in [3.8, 4) is 0 Å². The minimum Gasteiger partial charge on any atom is -0.446 e. The first kappa shape index (κ1) is 13.1. The smallest absolute Gasteiger partial charge is 0.427 e. The zero-order valence-electron chi connectivity index (χ0n) is 8.53. The Labute approximate surface area is 99.7 Å². The monoisotopic (exact) mass is 259 g/mol. The van der Waals surface area contributed by atoms with Crippen LogP contribution >= 0.6 is 11.3 Å². The molecule has 0 radical (unpaired) electrons. The van der Waals surface area contributed by atoms with Gasteiger partial charge in [0.1, 0.15) is 6.61 Å². The number of hydrazone groups is 1. The molecule has 92 valence electrons. The third-order valence-electron chi connectivity index (χ3n) is 1.46. The Hall–Kier alpha value is -2.00. The highest BCUT2D eigenvalue weighted by Gasteiger charge is 2.08. The van der Waals surface area contributed by atoms with Gasteiger partial charge in [0.25, 0.3) is 0 Å². The van der Waals surface area contributed by atoms with E-state index in [-0.39, 0.29) is 18.2 Å². The van der Waals surface area contributed by atoms with Gasteiger partial charge in [-0.1, -0.05) is 11.3 Å². The lowest BCUT2D eigenvalue weighted by atomic mass is 10.5. The second-order valence-corrected chi connectivity index (χ2v) is 3.76. The van der Waals surface area contributed by atoms with Crippen LogP contribution in [-0.2, 0) is 4.74 Å². The van der Waals surface area contributed by atoms with Gasteiger partial charge in [0.15, 0.2) is 0 Å². The normalized spacial score (nSPS) is 10.4. The molecule has 1 heterocycles. The SMILES string of the molecule is O=C(N/N=C\c1ccc([N+](=O)[O-])s1)OCCO. The maximum absolute atomic E-state index is 10.8. The van der Waals surface area contributed by atoms with E-state index in [9.17, 15) is 14.9 Å². The van der Waals surface area contributed by atoms with E-state index in [1.807, 2.05) is 5.43 Å². The lowest BCUT2D eigenvalue weighted by molar-refractivity contribution is -0.380. The number of amides is 1. The molecule has 0 aromatic carbocycles. The van der Waals surface area contributed by atoms with Crippen LogP contribution in [0, 0.1) is 10.1 Å². The third kappa shape index (κ3) is 4.57. The summed E-state index contributed by atoms with van der Waals surface area (Å²) in [5, 5.41) is 22.3. The molecule has 9 heteroatoms. The number of aliphatic hydroxyl groups is 1. The summed E-state index contributed by atoms with van der Waals surface area (Å²) in [6.45, 7) is -0.389. The molecule has 8 nitrogen and oxygen atoms in total. The van der Waals surface area contributed by atoms with Crippen LogP contribution in [0.2, 0.25) is 0 Å². The van der Waals surface area contributed by atoms with E-state index in [2.05, 4.69) is 9.84 Å². The fourth-order valence-electron chi connectivity index (χ4n) is 0.829. The molecule has 0 spiro atoms. The molecular weight excluding hydrogens is 250 g/mol. The highest BCUT2D eigenvalue weighted by Crippen LogP contribution is 2.22. The zero-order chi connectivity index (χ0) is 12.7. The van der Waals surface area contributed by atoms with Crippen LogP contribution in [0.15, 0.2) is 17.2 Å². The fourth-order valence-corrected chi connectivity index (χ4v) is 1.52. The molecule has 1 aromatic heterocycles. The van der Waals surface area contributed by atoms with Crippen LogP contribution < -0.4 is 5.43 Å². The molecule has 0 bridgehead atoms. The summed E-state index contributed by atoms with van der Waals surface area (Å²) in [6.07, 6.45) is 0.457. The predicted octanol–water partition coefficient (Wildman–Crippen LogP) is 0.709. The van der Waals surface area contributed by atoms with Gasteiger partial charge in [-0.05, 0) is 6.07 Å². The molecule has 1 aromatic rings. The first-order valence-electron chi connectivity index (χ1n) is 4.44. The largest absolute Gasteiger partial charge is 0.446 e. The van der Waals surface area contributed by atoms with Crippen LogP contribution in [0.5, 0.6) is 0 Å². The van der Waals surface area contributed by atoms with Crippen LogP contribution in [0.25, 0.3) is 0 Å². The Morgan fingerprint density at radius 3 is 3.06 bits per heavy atom. The number of aliphatic hydroxyl groups excluding tert-OH is 1. The maximum atomic E-state index is 10.8. The van der Waals surface area contributed by atoms with Gasteiger partial charge in [0, 0.05) is 6.07 Å². The lowest BCUT2D eigenvalue weighted by Crippen LogP contribution is -2.20. The number of nitro groups is 1. The molecule has 0 saturated heterocycles. The molecule has 2 N–H and O–H groups in total. The van der Waals surface area contributed by atoms with E-state index in [0.717, 1.165) is 11.3 Å². The topological polar surface area (TPSA) is 114 Å². The molecule has 0 aliphatic carbocycles. The molecule has 0 aliphatic rings. The number of thiophene rings is 1. The molecule has 0 fully saturated rings. The number of nitrogens with zero attached hydrogens (tertiary/aromatic N) is 2. The van der Waals surface area contributed by atoms with E-state index in [0.29, 0.717) is 4.88 Å². The molecule has 17 heavy (non-hydrogen) atoms. The number of carbonyl (C=O) groups excluding carboxylic acids is 1. The zero-order valence-corrected chi connectivity index (χ0v) is 9.35. The summed E-state index contributed by atoms with van der Waals surface area (Å²) in [7, 11) is 0. The van der Waals surface area contributed by atoms with Crippen molar-refractivity contribution in [2.45, 2.75) is 0 Å². The Bertz CT molecular complexity index is 431. The number of hydrogen-bond acceptors (Lipinski definition) is 7. The van der Waals surface area contributed by atoms with Crippen molar-refractivity contribution in [1.29, 1.82) is 0 Å². The Kier molecular flexibility index (Phi) is 5.04. The van der Waals surface area contributed by atoms with Gasteiger partial charge in [-0.3, -0.25) is 10.1 Å². The molecule has 0 aliphatic heterocycles. The predicted molar refractivity (Wildman–Crippen MR) is 60.1 cm³/mol. The van der Waals surface area contributed by atoms with Crippen LogP contribution in [0.1, 0.15) is 4.88 Å². The fraction of sp³-hybridized carbons (Fsp3) is 0.250. The van der Waals surface area contributed by atoms with Gasteiger partial charge in [0.05, 0.1) is 22.6 Å². The Balaban J connectivity index is 2.42. The Morgan fingerprint density at radius 2 is 2.47 bits per heavy atom. The van der Waals surface area contributed by atoms with Gasteiger partial charge >= 0.3 is 11.1 Å². The van der Waals surface area contributed by atoms with Gasteiger partial charge < -0.3 is 9.84 Å². The minimum atomic E-state index is -0.804. The van der Waals surface area contributed by atoms with Gasteiger partial charge in [0.2, 0.25) is 0 Å². The molecular formula is C8H9N3O5S. The van der Waals surface area contributed by atoms with E-state index in [4.69, 9.17) is 5.11 Å². The molecule has 0 saturated carbocycles. The molecule has 1 rings (SSSR count). The average molecular weight is 259 g/mol. The average Bonchev–Trinajstić information content (AvgIpc) is 2.75. The van der Waals surface area contributed by atoms with E-state index >= 15 is 0 Å². The van der Waals surface area contributed by atoms with E-state index in [1.165, 1.54) is 18.3 Å². The number of rotatable bonds is 5. The van der Waals surface area contributed by atoms with Gasteiger partial charge in [-0.25, -0.2) is 10.2 Å². The summed E-state index contributed by atoms with van der Waals surface area (Å²) in [6, 6.07) is 2.85. The lowest BCUT2D eigenvalue weighted by Gasteiger charge is -1.99. The maximum Gasteiger partial charge on any atom is 0.427 e. The second kappa shape index (κ2) is 6.55. The third-order valence-corrected chi connectivity index (χ3v) is 2.44. The highest BCUT2D eigenvalue weighted by atomic mass is 32.1. The van der Waals surface area contributed by atoms with Crippen molar-refractivity contribution in [2.75, 3.05) is 13.2 Å². The van der Waals surface area contributed by atoms with Crippen molar-refractivity contribution in [2.24, 2.45) is 5.10 Å². The number of ether oxygens (including phenoxy) is 1. The standard InChI is InChI=1S/C8H9N3O5S/c12-3-4-16-8(13)10-9-5-6-1-2-7(17-6)11(14)15/h1-2,5,12H,3-4H2,(H,10,13)/b9-5-. The second-order valence-electron chi connectivity index (χ2n) is 2.66. The highest BCUT2D eigenvalue weighted by molar-refractivity contribution is 7.16. The first-order chi connectivity index (χ1) is 8.13. The van der Waals surface area contributed by atoms with Crippen LogP contribution in [-0.4, -0.2) is 35.6 Å². The van der Waals surface area contributed by atoms with Gasteiger partial charge in [-0.15, -0.1) is 0 Å². The van der Waals surface area contributed by atoms with Crippen molar-refractivity contribution < 1.29 is 19.6 Å². The van der Waals surface area contributed by atoms with E-state index < -0.39 is 11.0 Å². The quantitative estimate of drug-likeness (QED) is 0.459. The van der Waals surface area contributed by atoms with Crippen molar-refractivity contribution in [3.05, 3.63) is 27.1 Å². The van der Waals surface area contributed by atoms with Gasteiger partial charge in [-0.2, -0.15) is 5.10 Å². The Morgan fingerprint density at radius 1 is 1.71 bits per heavy atom. The molecule has 1 amide bonds. The number of nitrogens with one attached hydrogen (secondary N) is 1. The number of hydrogen-bond donors (Lipinski definition) is 2. The van der Waals surface area contributed by atoms with Crippen molar-refractivity contribution in [1.82, 2.24) is 5.43 Å². The molecule has 0 unspecified atom stereocenters.